The molecule has 1 amide bonds. The van der Waals surface area contributed by atoms with Crippen molar-refractivity contribution < 1.29 is 4.79 Å². The molecule has 0 aliphatic rings. The van der Waals surface area contributed by atoms with Crippen molar-refractivity contribution in [1.29, 1.82) is 0 Å². The van der Waals surface area contributed by atoms with Crippen LogP contribution in [0.5, 0.6) is 0 Å². The molecule has 0 bridgehead atoms. The maximum absolute atomic E-state index is 13.6. The predicted octanol–water partition coefficient (Wildman–Crippen LogP) is 3.74. The molecule has 3 aromatic heterocycles. The lowest BCUT2D eigenvalue weighted by molar-refractivity contribution is 0.0787. The molecule has 0 spiro atoms. The summed E-state index contributed by atoms with van der Waals surface area (Å²) >= 11 is 0. The zero-order valence-corrected chi connectivity index (χ0v) is 20.8. The molecule has 182 valence electrons. The van der Waals surface area contributed by atoms with Gasteiger partial charge in [0.25, 0.3) is 5.91 Å². The molecule has 0 radical (unpaired) electrons. The van der Waals surface area contributed by atoms with Crippen LogP contribution in [0.3, 0.4) is 0 Å². The Morgan fingerprint density at radius 3 is 2.57 bits per heavy atom. The van der Waals surface area contributed by atoms with E-state index in [0.717, 1.165) is 35.3 Å². The summed E-state index contributed by atoms with van der Waals surface area (Å²) in [6.45, 7) is 6.81. The van der Waals surface area contributed by atoms with Gasteiger partial charge in [-0.15, -0.1) is 0 Å². The fraction of sp³-hybridized carbons (Fsp3) is 0.333. The minimum absolute atomic E-state index is 0.0790. The number of pyridine rings is 2. The Labute approximate surface area is 206 Å². The van der Waals surface area contributed by atoms with E-state index in [1.807, 2.05) is 42.1 Å². The first kappa shape index (κ1) is 24.5. The number of amides is 1. The summed E-state index contributed by atoms with van der Waals surface area (Å²) in [6, 6.07) is 14.1. The van der Waals surface area contributed by atoms with E-state index >= 15 is 0 Å². The highest BCUT2D eigenvalue weighted by Crippen LogP contribution is 2.28. The molecule has 3 heterocycles. The highest BCUT2D eigenvalue weighted by atomic mass is 16.2. The second-order valence-corrected chi connectivity index (χ2v) is 9.22. The number of benzene rings is 1. The Hall–Kier alpha value is -3.62. The standard InChI is InChI=1S/C27H33N7O/c1-19(2)34-26-24(16-30-34)23(27(35)33(4)18-21-8-6-11-29-15-21)14-25(31-26)22-9-5-7-20(13-22)17-32(3)12-10-28/h5-9,11,13-16,19H,10,12,17-18,28H2,1-4H3. The summed E-state index contributed by atoms with van der Waals surface area (Å²) in [5, 5.41) is 5.30. The number of nitrogens with two attached hydrogens (primary N) is 1. The van der Waals surface area contributed by atoms with Crippen molar-refractivity contribution in [1.82, 2.24) is 29.5 Å². The highest BCUT2D eigenvalue weighted by molar-refractivity contribution is 6.06. The van der Waals surface area contributed by atoms with E-state index in [-0.39, 0.29) is 11.9 Å². The van der Waals surface area contributed by atoms with Gasteiger partial charge in [0.15, 0.2) is 5.65 Å². The monoisotopic (exact) mass is 471 g/mol. The number of likely N-dealkylation sites (N-methyl/N-ethyl adjacent to an activating group) is 1. The van der Waals surface area contributed by atoms with Crippen molar-refractivity contribution in [3.8, 4) is 11.3 Å². The van der Waals surface area contributed by atoms with E-state index < -0.39 is 0 Å². The van der Waals surface area contributed by atoms with E-state index in [0.29, 0.717) is 24.3 Å². The van der Waals surface area contributed by atoms with Crippen LogP contribution in [-0.4, -0.2) is 62.6 Å². The molecule has 1 aromatic carbocycles. The third-order valence-electron chi connectivity index (χ3n) is 5.96. The lowest BCUT2D eigenvalue weighted by Gasteiger charge is -2.19. The van der Waals surface area contributed by atoms with Crippen LogP contribution in [0.4, 0.5) is 0 Å². The maximum atomic E-state index is 13.6. The van der Waals surface area contributed by atoms with Gasteiger partial charge in [-0.2, -0.15) is 5.10 Å². The van der Waals surface area contributed by atoms with Crippen LogP contribution in [0, 0.1) is 0 Å². The second kappa shape index (κ2) is 10.8. The zero-order chi connectivity index (χ0) is 24.9. The topological polar surface area (TPSA) is 93.2 Å². The van der Waals surface area contributed by atoms with Crippen molar-refractivity contribution in [2.24, 2.45) is 5.73 Å². The van der Waals surface area contributed by atoms with E-state index in [1.54, 1.807) is 23.5 Å². The number of carbonyl (C=O) groups excluding carboxylic acids is 1. The van der Waals surface area contributed by atoms with Gasteiger partial charge in [0.2, 0.25) is 0 Å². The average Bonchev–Trinajstić information content (AvgIpc) is 3.28. The highest BCUT2D eigenvalue weighted by Gasteiger charge is 2.21. The first-order valence-corrected chi connectivity index (χ1v) is 11.9. The normalized spacial score (nSPS) is 11.5. The summed E-state index contributed by atoms with van der Waals surface area (Å²) in [5.74, 6) is -0.0790. The molecule has 0 aliphatic carbocycles. The van der Waals surface area contributed by atoms with Gasteiger partial charge < -0.3 is 15.5 Å². The van der Waals surface area contributed by atoms with Gasteiger partial charge >= 0.3 is 0 Å². The number of rotatable bonds is 9. The summed E-state index contributed by atoms with van der Waals surface area (Å²) in [6.07, 6.45) is 5.25. The Morgan fingerprint density at radius 2 is 1.86 bits per heavy atom. The molecule has 8 heteroatoms. The lowest BCUT2D eigenvalue weighted by atomic mass is 10.0. The first-order valence-electron chi connectivity index (χ1n) is 11.9. The smallest absolute Gasteiger partial charge is 0.254 e. The average molecular weight is 472 g/mol. The number of hydrogen-bond donors (Lipinski definition) is 1. The van der Waals surface area contributed by atoms with Crippen LogP contribution >= 0.6 is 0 Å². The number of fused-ring (bicyclic) bond motifs is 1. The van der Waals surface area contributed by atoms with Gasteiger partial charge in [-0.1, -0.05) is 24.3 Å². The van der Waals surface area contributed by atoms with Gasteiger partial charge in [-0.3, -0.25) is 9.78 Å². The molecule has 4 rings (SSSR count). The molecule has 0 saturated heterocycles. The van der Waals surface area contributed by atoms with E-state index in [4.69, 9.17) is 10.7 Å². The molecule has 0 aliphatic heterocycles. The van der Waals surface area contributed by atoms with Gasteiger partial charge in [0, 0.05) is 57.2 Å². The van der Waals surface area contributed by atoms with Crippen LogP contribution in [0.1, 0.15) is 41.4 Å². The first-order chi connectivity index (χ1) is 16.9. The number of nitrogens with zero attached hydrogens (tertiary/aromatic N) is 6. The van der Waals surface area contributed by atoms with Crippen molar-refractivity contribution in [3.05, 3.63) is 77.7 Å². The third-order valence-corrected chi connectivity index (χ3v) is 5.96. The number of hydrogen-bond acceptors (Lipinski definition) is 6. The molecule has 0 atom stereocenters. The maximum Gasteiger partial charge on any atom is 0.254 e. The predicted molar refractivity (Wildman–Crippen MR) is 139 cm³/mol. The van der Waals surface area contributed by atoms with Crippen molar-refractivity contribution >= 4 is 16.9 Å². The molecule has 0 saturated carbocycles. The summed E-state index contributed by atoms with van der Waals surface area (Å²) < 4.78 is 1.87. The molecule has 8 nitrogen and oxygen atoms in total. The SMILES string of the molecule is CC(C)n1ncc2c(C(=O)N(C)Cc3cccnc3)cc(-c3cccc(CN(C)CCN)c3)nc21. The number of carbonyl (C=O) groups is 1. The Kier molecular flexibility index (Phi) is 7.53. The van der Waals surface area contributed by atoms with Crippen LogP contribution in [0.2, 0.25) is 0 Å². The Balaban J connectivity index is 1.75. The molecular weight excluding hydrogens is 438 g/mol. The van der Waals surface area contributed by atoms with Gasteiger partial charge in [-0.05, 0) is 50.2 Å². The third kappa shape index (κ3) is 5.55. The van der Waals surface area contributed by atoms with Gasteiger partial charge in [0.1, 0.15) is 0 Å². The van der Waals surface area contributed by atoms with Crippen LogP contribution < -0.4 is 5.73 Å². The molecule has 35 heavy (non-hydrogen) atoms. The minimum atomic E-state index is -0.0790. The van der Waals surface area contributed by atoms with E-state index in [1.165, 1.54) is 5.56 Å². The van der Waals surface area contributed by atoms with Crippen LogP contribution in [0.15, 0.2) is 61.1 Å². The van der Waals surface area contributed by atoms with Crippen molar-refractivity contribution in [2.75, 3.05) is 27.2 Å². The number of aromatic nitrogens is 4. The summed E-state index contributed by atoms with van der Waals surface area (Å²) in [7, 11) is 3.86. The van der Waals surface area contributed by atoms with Gasteiger partial charge in [-0.25, -0.2) is 9.67 Å². The fourth-order valence-electron chi connectivity index (χ4n) is 4.20. The summed E-state index contributed by atoms with van der Waals surface area (Å²) in [4.78, 5) is 26.6. The molecule has 4 aromatic rings. The molecule has 2 N–H and O–H groups in total. The molecule has 0 fully saturated rings. The molecular formula is C27H33N7O. The van der Waals surface area contributed by atoms with E-state index in [2.05, 4.69) is 48.0 Å². The molecule has 0 unspecified atom stereocenters. The lowest BCUT2D eigenvalue weighted by Crippen LogP contribution is -2.26. The van der Waals surface area contributed by atoms with Crippen LogP contribution in [0.25, 0.3) is 22.3 Å². The fourth-order valence-corrected chi connectivity index (χ4v) is 4.20. The van der Waals surface area contributed by atoms with Gasteiger partial charge in [0.05, 0.1) is 22.8 Å². The second-order valence-electron chi connectivity index (χ2n) is 9.22. The Morgan fingerprint density at radius 1 is 1.06 bits per heavy atom. The Bertz CT molecular complexity index is 1300. The quantitative estimate of drug-likeness (QED) is 0.400. The zero-order valence-electron chi connectivity index (χ0n) is 20.8. The minimum Gasteiger partial charge on any atom is -0.337 e. The largest absolute Gasteiger partial charge is 0.337 e. The van der Waals surface area contributed by atoms with E-state index in [9.17, 15) is 4.79 Å². The van der Waals surface area contributed by atoms with Crippen molar-refractivity contribution in [2.45, 2.75) is 33.0 Å². The van der Waals surface area contributed by atoms with Crippen LogP contribution in [-0.2, 0) is 13.1 Å². The van der Waals surface area contributed by atoms with Crippen molar-refractivity contribution in [3.63, 3.8) is 0 Å². The summed E-state index contributed by atoms with van der Waals surface area (Å²) in [5.41, 5.74) is 10.9.